The van der Waals surface area contributed by atoms with E-state index in [1.54, 1.807) is 63.2 Å². The van der Waals surface area contributed by atoms with Gasteiger partial charge in [0.25, 0.3) is 0 Å². The number of hydrogen-bond donors (Lipinski definition) is 0. The lowest BCUT2D eigenvalue weighted by atomic mass is 10.0. The molecule has 0 unspecified atom stereocenters. The number of methoxy groups -OCH3 is 1. The van der Waals surface area contributed by atoms with E-state index in [4.69, 9.17) is 19.5 Å². The number of hydrogen-bond acceptors (Lipinski definition) is 7. The highest BCUT2D eigenvalue weighted by Gasteiger charge is 2.25. The van der Waals surface area contributed by atoms with Crippen LogP contribution in [0.4, 0.5) is 13.2 Å². The maximum atomic E-state index is 15.8. The van der Waals surface area contributed by atoms with Crippen LogP contribution < -0.4 is 4.74 Å². The van der Waals surface area contributed by atoms with Crippen LogP contribution in [0.25, 0.3) is 22.3 Å². The van der Waals surface area contributed by atoms with Crippen molar-refractivity contribution in [3.8, 4) is 23.2 Å². The molecule has 0 fully saturated rings. The second-order valence-corrected chi connectivity index (χ2v) is 11.5. The molecule has 3 aromatic carbocycles. The van der Waals surface area contributed by atoms with Crippen molar-refractivity contribution in [1.82, 2.24) is 14.5 Å². The van der Waals surface area contributed by atoms with Gasteiger partial charge in [-0.25, -0.2) is 27.9 Å². The largest absolute Gasteiger partial charge is 0.473 e. The van der Waals surface area contributed by atoms with Crippen LogP contribution in [0.15, 0.2) is 66.7 Å². The summed E-state index contributed by atoms with van der Waals surface area (Å²) in [6, 6.07) is 18.6. The van der Waals surface area contributed by atoms with E-state index in [2.05, 4.69) is 16.0 Å². The van der Waals surface area contributed by atoms with Crippen LogP contribution in [0, 0.1) is 28.8 Å². The van der Waals surface area contributed by atoms with Gasteiger partial charge in [0, 0.05) is 31.7 Å². The van der Waals surface area contributed by atoms with Crippen LogP contribution in [0.1, 0.15) is 53.6 Å². The van der Waals surface area contributed by atoms with Gasteiger partial charge in [0.15, 0.2) is 5.82 Å². The minimum atomic E-state index is -0.830. The third-order valence-electron chi connectivity index (χ3n) is 7.02. The van der Waals surface area contributed by atoms with Crippen LogP contribution in [0.2, 0.25) is 0 Å². The van der Waals surface area contributed by atoms with Crippen molar-refractivity contribution < 1.29 is 32.2 Å². The molecule has 236 valence electrons. The molecule has 5 rings (SSSR count). The number of nitriles is 1. The Bertz CT molecular complexity index is 1940. The van der Waals surface area contributed by atoms with Crippen molar-refractivity contribution in [3.05, 3.63) is 112 Å². The number of fused-ring (bicyclic) bond motifs is 1. The van der Waals surface area contributed by atoms with Crippen molar-refractivity contribution in [2.24, 2.45) is 0 Å². The normalized spacial score (nSPS) is 11.4. The Morgan fingerprint density at radius 1 is 0.978 bits per heavy atom. The molecule has 2 heterocycles. The maximum Gasteiger partial charge on any atom is 0.341 e. The standard InChI is InChI=1S/C35H31F3N4O4/c1-35(2,3)46-34(43)24-12-13-29-33(32(24)38)42(14-15-44-4)30(40-29)17-23-16-27(37)25(18-26(23)36)28-6-5-7-31(41-28)45-20-22-10-8-21(19-39)9-11-22/h5-13,16,18H,14-15,17,20H2,1-4H3. The number of nitrogens with zero attached hydrogens (tertiary/aromatic N) is 4. The number of pyridine rings is 1. The first-order valence-electron chi connectivity index (χ1n) is 14.4. The molecule has 0 aliphatic carbocycles. The Balaban J connectivity index is 1.42. The monoisotopic (exact) mass is 628 g/mol. The minimum absolute atomic E-state index is 0.00350. The highest BCUT2D eigenvalue weighted by atomic mass is 19.1. The second-order valence-electron chi connectivity index (χ2n) is 11.5. The van der Waals surface area contributed by atoms with E-state index in [-0.39, 0.29) is 71.3 Å². The molecule has 5 aromatic rings. The molecule has 0 amide bonds. The van der Waals surface area contributed by atoms with Gasteiger partial charge in [-0.2, -0.15) is 5.26 Å². The Morgan fingerprint density at radius 3 is 2.43 bits per heavy atom. The van der Waals surface area contributed by atoms with Crippen molar-refractivity contribution >= 4 is 17.0 Å². The van der Waals surface area contributed by atoms with Crippen LogP contribution in [-0.2, 0) is 29.0 Å². The van der Waals surface area contributed by atoms with E-state index in [9.17, 15) is 4.79 Å². The summed E-state index contributed by atoms with van der Waals surface area (Å²) in [7, 11) is 1.48. The lowest BCUT2D eigenvalue weighted by molar-refractivity contribution is 0.00649. The molecule has 0 bridgehead atoms. The number of carbonyl (C=O) groups is 1. The van der Waals surface area contributed by atoms with Crippen LogP contribution >= 0.6 is 0 Å². The number of esters is 1. The van der Waals surface area contributed by atoms with E-state index in [0.29, 0.717) is 5.56 Å². The van der Waals surface area contributed by atoms with Gasteiger partial charge in [-0.05, 0) is 74.4 Å². The second kappa shape index (κ2) is 13.4. The highest BCUT2D eigenvalue weighted by molar-refractivity contribution is 5.94. The molecule has 46 heavy (non-hydrogen) atoms. The zero-order chi connectivity index (χ0) is 33.0. The maximum absolute atomic E-state index is 15.8. The third-order valence-corrected chi connectivity index (χ3v) is 7.02. The number of halogens is 3. The topological polar surface area (TPSA) is 99.3 Å². The van der Waals surface area contributed by atoms with E-state index in [1.807, 2.05) is 0 Å². The Morgan fingerprint density at radius 2 is 1.74 bits per heavy atom. The molecular weight excluding hydrogens is 597 g/mol. The molecule has 0 saturated carbocycles. The van der Waals surface area contributed by atoms with Gasteiger partial charge >= 0.3 is 5.97 Å². The molecule has 11 heteroatoms. The van der Waals surface area contributed by atoms with Crippen molar-refractivity contribution in [1.29, 1.82) is 5.26 Å². The molecule has 0 aliphatic heterocycles. The van der Waals surface area contributed by atoms with Gasteiger partial charge in [-0.1, -0.05) is 18.2 Å². The summed E-state index contributed by atoms with van der Waals surface area (Å²) >= 11 is 0. The lowest BCUT2D eigenvalue weighted by Gasteiger charge is -2.19. The molecular formula is C35H31F3N4O4. The third kappa shape index (κ3) is 7.19. The van der Waals surface area contributed by atoms with E-state index >= 15 is 13.2 Å². The number of benzene rings is 3. The van der Waals surface area contributed by atoms with Gasteiger partial charge in [0.1, 0.15) is 35.2 Å². The van der Waals surface area contributed by atoms with E-state index < -0.39 is 29.0 Å². The average molecular weight is 629 g/mol. The molecule has 8 nitrogen and oxygen atoms in total. The number of rotatable bonds is 10. The minimum Gasteiger partial charge on any atom is -0.473 e. The molecule has 0 N–H and O–H groups in total. The summed E-state index contributed by atoms with van der Waals surface area (Å²) in [5.41, 5.74) is 0.632. The van der Waals surface area contributed by atoms with Gasteiger partial charge in [0.2, 0.25) is 5.88 Å². The van der Waals surface area contributed by atoms with Crippen LogP contribution in [0.3, 0.4) is 0 Å². The summed E-state index contributed by atoms with van der Waals surface area (Å²) in [6.07, 6.45) is -0.163. The number of aromatic nitrogens is 3. The quantitative estimate of drug-likeness (QED) is 0.151. The predicted molar refractivity (Wildman–Crippen MR) is 165 cm³/mol. The summed E-state index contributed by atoms with van der Waals surface area (Å²) in [5.74, 6) is -2.60. The van der Waals surface area contributed by atoms with Crippen molar-refractivity contribution in [2.75, 3.05) is 13.7 Å². The fourth-order valence-electron chi connectivity index (χ4n) is 4.85. The summed E-state index contributed by atoms with van der Waals surface area (Å²) < 4.78 is 64.6. The first-order chi connectivity index (χ1) is 22.0. The van der Waals surface area contributed by atoms with Crippen molar-refractivity contribution in [3.63, 3.8) is 0 Å². The van der Waals surface area contributed by atoms with Gasteiger partial charge in [-0.3, -0.25) is 0 Å². The van der Waals surface area contributed by atoms with Crippen molar-refractivity contribution in [2.45, 2.75) is 45.9 Å². The van der Waals surface area contributed by atoms with E-state index in [0.717, 1.165) is 17.7 Å². The Hall–Kier alpha value is -5.21. The van der Waals surface area contributed by atoms with Gasteiger partial charge < -0.3 is 18.8 Å². The molecule has 0 aliphatic rings. The fraction of sp³-hybridized carbons (Fsp3) is 0.257. The van der Waals surface area contributed by atoms with E-state index in [1.165, 1.54) is 23.8 Å². The van der Waals surface area contributed by atoms with Crippen LogP contribution in [0.5, 0.6) is 5.88 Å². The first kappa shape index (κ1) is 32.2. The molecule has 0 atom stereocenters. The summed E-state index contributed by atoms with van der Waals surface area (Å²) in [6.45, 7) is 5.54. The number of ether oxygens (including phenoxy) is 3. The predicted octanol–water partition coefficient (Wildman–Crippen LogP) is 7.16. The first-order valence-corrected chi connectivity index (χ1v) is 14.4. The smallest absolute Gasteiger partial charge is 0.341 e. The SMILES string of the molecule is COCCn1c(Cc2cc(F)c(-c3cccc(OCc4ccc(C#N)cc4)n3)cc2F)nc2ccc(C(=O)OC(C)(C)C)c(F)c21. The molecule has 0 radical (unpaired) electrons. The van der Waals surface area contributed by atoms with Gasteiger partial charge in [-0.15, -0.1) is 0 Å². The van der Waals surface area contributed by atoms with Gasteiger partial charge in [0.05, 0.1) is 35.0 Å². The summed E-state index contributed by atoms with van der Waals surface area (Å²) in [4.78, 5) is 21.5. The highest BCUT2D eigenvalue weighted by Crippen LogP contribution is 2.29. The fourth-order valence-corrected chi connectivity index (χ4v) is 4.85. The number of imidazole rings is 1. The zero-order valence-electron chi connectivity index (χ0n) is 25.7. The molecule has 0 spiro atoms. The molecule has 2 aromatic heterocycles. The Kier molecular flexibility index (Phi) is 9.39. The Labute approximate surface area is 264 Å². The molecule has 0 saturated heterocycles. The lowest BCUT2D eigenvalue weighted by Crippen LogP contribution is -2.24. The summed E-state index contributed by atoms with van der Waals surface area (Å²) in [5, 5.41) is 8.96. The average Bonchev–Trinajstić information content (AvgIpc) is 3.37. The zero-order valence-corrected chi connectivity index (χ0v) is 25.7. The number of carbonyl (C=O) groups excluding carboxylic acids is 1. The van der Waals surface area contributed by atoms with Crippen LogP contribution in [-0.4, -0.2) is 39.8 Å².